The minimum absolute atomic E-state index is 0.694. The smallest absolute Gasteiger partial charge is 0.0733 e. The van der Waals surface area contributed by atoms with Gasteiger partial charge in [-0.3, -0.25) is 0 Å². The van der Waals surface area contributed by atoms with Crippen LogP contribution in [0.1, 0.15) is 44.6 Å². The molecule has 0 saturated carbocycles. The average Bonchev–Trinajstić information content (AvgIpc) is 2.48. The molecule has 0 spiro atoms. The van der Waals surface area contributed by atoms with Crippen LogP contribution < -0.4 is 10.2 Å². The summed E-state index contributed by atoms with van der Waals surface area (Å²) in [5.74, 6) is 0. The minimum atomic E-state index is 0.694. The number of hydrogen-bond donors (Lipinski definition) is 1. The van der Waals surface area contributed by atoms with Gasteiger partial charge in [-0.2, -0.15) is 0 Å². The van der Waals surface area contributed by atoms with E-state index in [-0.39, 0.29) is 0 Å². The predicted octanol–water partition coefficient (Wildman–Crippen LogP) is 3.33. The molecule has 0 aliphatic carbocycles. The third-order valence-corrected chi connectivity index (χ3v) is 5.04. The van der Waals surface area contributed by atoms with E-state index in [1.54, 1.807) is 7.11 Å². The van der Waals surface area contributed by atoms with Crippen molar-refractivity contribution in [1.82, 2.24) is 5.32 Å². The van der Waals surface area contributed by atoms with Gasteiger partial charge in [-0.05, 0) is 44.7 Å². The molecule has 1 aromatic rings. The molecule has 3 rings (SSSR count). The molecule has 21 heavy (non-hydrogen) atoms. The number of methoxy groups -OCH3 is 1. The van der Waals surface area contributed by atoms with Gasteiger partial charge in [0.15, 0.2) is 0 Å². The maximum Gasteiger partial charge on any atom is 0.0733 e. The molecule has 116 valence electrons. The van der Waals surface area contributed by atoms with Crippen molar-refractivity contribution in [3.05, 3.63) is 29.8 Å². The van der Waals surface area contributed by atoms with E-state index >= 15 is 0 Å². The number of benzene rings is 1. The Morgan fingerprint density at radius 2 is 1.90 bits per heavy atom. The molecule has 2 unspecified atom stereocenters. The van der Waals surface area contributed by atoms with Crippen molar-refractivity contribution in [1.29, 1.82) is 0 Å². The highest BCUT2D eigenvalue weighted by Gasteiger charge is 2.38. The summed E-state index contributed by atoms with van der Waals surface area (Å²) < 4.78 is 5.40. The highest BCUT2D eigenvalue weighted by Crippen LogP contribution is 2.39. The number of para-hydroxylation sites is 1. The number of piperidine rings is 2. The molecule has 2 heterocycles. The van der Waals surface area contributed by atoms with Gasteiger partial charge in [-0.25, -0.2) is 0 Å². The fraction of sp³-hybridized carbons (Fsp3) is 0.667. The quantitative estimate of drug-likeness (QED) is 0.899. The van der Waals surface area contributed by atoms with Crippen LogP contribution in [-0.2, 0) is 11.3 Å². The number of nitrogens with zero attached hydrogens (tertiary/aromatic N) is 1. The van der Waals surface area contributed by atoms with E-state index in [9.17, 15) is 0 Å². The summed E-state index contributed by atoms with van der Waals surface area (Å²) in [5, 5.41) is 3.67. The fourth-order valence-corrected chi connectivity index (χ4v) is 4.27. The van der Waals surface area contributed by atoms with E-state index in [4.69, 9.17) is 4.74 Å². The van der Waals surface area contributed by atoms with Crippen molar-refractivity contribution in [3.63, 3.8) is 0 Å². The van der Waals surface area contributed by atoms with Crippen LogP contribution in [0.15, 0.2) is 24.3 Å². The molecule has 0 aromatic heterocycles. The first-order valence-corrected chi connectivity index (χ1v) is 8.42. The zero-order valence-corrected chi connectivity index (χ0v) is 13.3. The molecular formula is C18H28N2O. The predicted molar refractivity (Wildman–Crippen MR) is 87.8 cm³/mol. The summed E-state index contributed by atoms with van der Waals surface area (Å²) in [6.07, 6.45) is 6.62. The lowest BCUT2D eigenvalue weighted by atomic mass is 9.81. The van der Waals surface area contributed by atoms with Gasteiger partial charge in [0.25, 0.3) is 0 Å². The summed E-state index contributed by atoms with van der Waals surface area (Å²) in [4.78, 5) is 2.71. The van der Waals surface area contributed by atoms with E-state index in [2.05, 4.69) is 41.4 Å². The molecule has 2 fully saturated rings. The van der Waals surface area contributed by atoms with Crippen molar-refractivity contribution in [2.24, 2.45) is 0 Å². The third-order valence-electron chi connectivity index (χ3n) is 5.04. The Morgan fingerprint density at radius 1 is 1.19 bits per heavy atom. The number of anilines is 1. The van der Waals surface area contributed by atoms with Gasteiger partial charge in [-0.15, -0.1) is 0 Å². The van der Waals surface area contributed by atoms with E-state index < -0.39 is 0 Å². The largest absolute Gasteiger partial charge is 0.380 e. The molecule has 3 heteroatoms. The molecule has 1 aromatic carbocycles. The standard InChI is InChI=1S/C18H28N2O/c1-3-19-15-11-16-8-6-9-17(12-15)20(16)18-10-5-4-7-14(18)13-21-2/h4-5,7,10,15-17,19H,3,6,8-9,11-13H2,1-2H3. The van der Waals surface area contributed by atoms with Gasteiger partial charge in [0.05, 0.1) is 6.61 Å². The van der Waals surface area contributed by atoms with Gasteiger partial charge in [0, 0.05) is 36.5 Å². The van der Waals surface area contributed by atoms with E-state index in [1.807, 2.05) is 0 Å². The normalized spacial score (nSPS) is 28.7. The Bertz CT molecular complexity index is 448. The number of nitrogens with one attached hydrogen (secondary N) is 1. The highest BCUT2D eigenvalue weighted by atomic mass is 16.5. The van der Waals surface area contributed by atoms with Crippen LogP contribution in [0.5, 0.6) is 0 Å². The molecule has 2 saturated heterocycles. The van der Waals surface area contributed by atoms with Crippen molar-refractivity contribution in [3.8, 4) is 0 Å². The summed E-state index contributed by atoms with van der Waals surface area (Å²) >= 11 is 0. The topological polar surface area (TPSA) is 24.5 Å². The van der Waals surface area contributed by atoms with Crippen molar-refractivity contribution < 1.29 is 4.74 Å². The average molecular weight is 288 g/mol. The van der Waals surface area contributed by atoms with Crippen molar-refractivity contribution in [2.75, 3.05) is 18.6 Å². The summed E-state index contributed by atoms with van der Waals surface area (Å²) in [7, 11) is 1.79. The first-order valence-electron chi connectivity index (χ1n) is 8.42. The molecule has 1 N–H and O–H groups in total. The van der Waals surface area contributed by atoms with Gasteiger partial charge in [-0.1, -0.05) is 25.1 Å². The maximum absolute atomic E-state index is 5.40. The van der Waals surface area contributed by atoms with Crippen LogP contribution in [0.4, 0.5) is 5.69 Å². The second-order valence-electron chi connectivity index (χ2n) is 6.43. The minimum Gasteiger partial charge on any atom is -0.380 e. The van der Waals surface area contributed by atoms with E-state index in [0.29, 0.717) is 24.7 Å². The highest BCUT2D eigenvalue weighted by molar-refractivity contribution is 5.56. The zero-order chi connectivity index (χ0) is 14.7. The number of hydrogen-bond acceptors (Lipinski definition) is 3. The lowest BCUT2D eigenvalue weighted by molar-refractivity contribution is 0.183. The van der Waals surface area contributed by atoms with Crippen molar-refractivity contribution >= 4 is 5.69 Å². The molecular weight excluding hydrogens is 260 g/mol. The van der Waals surface area contributed by atoms with Gasteiger partial charge >= 0.3 is 0 Å². The Balaban J connectivity index is 1.85. The molecule has 2 aliphatic rings. The van der Waals surface area contributed by atoms with Crippen LogP contribution in [0.2, 0.25) is 0 Å². The fourth-order valence-electron chi connectivity index (χ4n) is 4.27. The third kappa shape index (κ3) is 3.09. The van der Waals surface area contributed by atoms with Crippen LogP contribution in [-0.4, -0.2) is 31.8 Å². The van der Waals surface area contributed by atoms with Gasteiger partial charge in [0.1, 0.15) is 0 Å². The Labute approximate surface area is 128 Å². The maximum atomic E-state index is 5.40. The van der Waals surface area contributed by atoms with Crippen LogP contribution in [0.3, 0.4) is 0 Å². The molecule has 0 amide bonds. The van der Waals surface area contributed by atoms with Crippen LogP contribution in [0, 0.1) is 0 Å². The molecule has 2 bridgehead atoms. The first-order chi connectivity index (χ1) is 10.3. The second kappa shape index (κ2) is 6.80. The molecule has 2 aliphatic heterocycles. The summed E-state index contributed by atoms with van der Waals surface area (Å²) in [5.41, 5.74) is 2.74. The molecule has 3 nitrogen and oxygen atoms in total. The molecule has 0 radical (unpaired) electrons. The second-order valence-corrected chi connectivity index (χ2v) is 6.43. The summed E-state index contributed by atoms with van der Waals surface area (Å²) in [6.45, 7) is 4.02. The lowest BCUT2D eigenvalue weighted by Crippen LogP contribution is -2.56. The van der Waals surface area contributed by atoms with Crippen molar-refractivity contribution in [2.45, 2.75) is 63.8 Å². The van der Waals surface area contributed by atoms with E-state index in [1.165, 1.54) is 43.4 Å². The van der Waals surface area contributed by atoms with Crippen LogP contribution in [0.25, 0.3) is 0 Å². The Hall–Kier alpha value is -1.06. The number of rotatable bonds is 5. The Kier molecular flexibility index (Phi) is 4.81. The SMILES string of the molecule is CCNC1CC2CCCC(C1)N2c1ccccc1COC. The lowest BCUT2D eigenvalue weighted by Gasteiger charge is -2.51. The van der Waals surface area contributed by atoms with Crippen LogP contribution >= 0.6 is 0 Å². The number of fused-ring (bicyclic) bond motifs is 2. The van der Waals surface area contributed by atoms with Gasteiger partial charge in [0.2, 0.25) is 0 Å². The molecule has 2 atom stereocenters. The summed E-state index contributed by atoms with van der Waals surface area (Å²) in [6, 6.07) is 10.9. The Morgan fingerprint density at radius 3 is 2.57 bits per heavy atom. The first kappa shape index (κ1) is 14.9. The zero-order valence-electron chi connectivity index (χ0n) is 13.3. The van der Waals surface area contributed by atoms with E-state index in [0.717, 1.165) is 6.54 Å². The monoisotopic (exact) mass is 288 g/mol. The number of ether oxygens (including phenoxy) is 1. The van der Waals surface area contributed by atoms with Gasteiger partial charge < -0.3 is 15.0 Å².